The van der Waals surface area contributed by atoms with Crippen LogP contribution in [0.3, 0.4) is 0 Å². The van der Waals surface area contributed by atoms with Gasteiger partial charge in [-0.2, -0.15) is 5.10 Å². The number of benzene rings is 2. The van der Waals surface area contributed by atoms with Crippen LogP contribution >= 0.6 is 0 Å². The van der Waals surface area contributed by atoms with Crippen molar-refractivity contribution < 1.29 is 4.90 Å². The Morgan fingerprint density at radius 2 is 1.80 bits per heavy atom. The molecule has 0 radical (unpaired) electrons. The second kappa shape index (κ2) is 6.16. The molecule has 128 valence electrons. The molecule has 2 aromatic carbocycles. The van der Waals surface area contributed by atoms with Gasteiger partial charge in [-0.25, -0.2) is 0 Å². The highest BCUT2D eigenvalue weighted by atomic mass is 15.5. The number of para-hydroxylation sites is 1. The molecule has 0 amide bonds. The van der Waals surface area contributed by atoms with Gasteiger partial charge in [0.05, 0.1) is 18.2 Å². The molecule has 1 N–H and O–H groups in total. The monoisotopic (exact) mass is 332 g/mol. The highest BCUT2D eigenvalue weighted by molar-refractivity contribution is 6.01. The molecular weight excluding hydrogens is 306 g/mol. The van der Waals surface area contributed by atoms with Crippen molar-refractivity contribution in [1.82, 2.24) is 5.01 Å². The third-order valence-electron chi connectivity index (χ3n) is 5.67. The zero-order valence-corrected chi connectivity index (χ0v) is 15.2. The molecule has 3 heteroatoms. The predicted octanol–water partition coefficient (Wildman–Crippen LogP) is 3.12. The van der Waals surface area contributed by atoms with Crippen molar-refractivity contribution in [3.8, 4) is 0 Å². The summed E-state index contributed by atoms with van der Waals surface area (Å²) in [6, 6.07) is 19.7. The van der Waals surface area contributed by atoms with Crippen LogP contribution in [0.25, 0.3) is 0 Å². The normalized spacial score (nSPS) is 24.6. The first-order valence-electron chi connectivity index (χ1n) is 9.08. The lowest BCUT2D eigenvalue weighted by Gasteiger charge is -2.25. The molecule has 0 bridgehead atoms. The van der Waals surface area contributed by atoms with E-state index in [-0.39, 0.29) is 5.41 Å². The van der Waals surface area contributed by atoms with E-state index in [2.05, 4.69) is 92.8 Å². The minimum atomic E-state index is 0.128. The van der Waals surface area contributed by atoms with Gasteiger partial charge in [0.1, 0.15) is 11.7 Å². The molecule has 2 aromatic rings. The molecule has 25 heavy (non-hydrogen) atoms. The molecular formula is C22H26N3+. The minimum absolute atomic E-state index is 0.128. The number of likely N-dealkylation sites (N-methyl/N-ethyl adjacent to an activating group) is 1. The Balaban J connectivity index is 1.54. The Morgan fingerprint density at radius 3 is 2.56 bits per heavy atom. The van der Waals surface area contributed by atoms with Crippen LogP contribution in [0.15, 0.2) is 72.0 Å². The van der Waals surface area contributed by atoms with E-state index in [0.717, 1.165) is 13.0 Å². The number of hydrogen-bond donors (Lipinski definition) is 1. The van der Waals surface area contributed by atoms with Crippen LogP contribution < -0.4 is 4.90 Å². The average molecular weight is 332 g/mol. The molecule has 0 aliphatic carbocycles. The Kier molecular flexibility index (Phi) is 3.97. The van der Waals surface area contributed by atoms with Gasteiger partial charge in [0.25, 0.3) is 0 Å². The molecule has 2 aliphatic rings. The summed E-state index contributed by atoms with van der Waals surface area (Å²) in [5.74, 6) is 0. The third-order valence-corrected chi connectivity index (χ3v) is 5.67. The van der Waals surface area contributed by atoms with Crippen LogP contribution in [-0.4, -0.2) is 30.4 Å². The summed E-state index contributed by atoms with van der Waals surface area (Å²) in [5, 5.41) is 6.89. The summed E-state index contributed by atoms with van der Waals surface area (Å²) in [6.45, 7) is 5.65. The number of quaternary nitrogens is 1. The third kappa shape index (κ3) is 2.79. The van der Waals surface area contributed by atoms with Gasteiger partial charge in [0.15, 0.2) is 0 Å². The van der Waals surface area contributed by atoms with E-state index in [1.54, 1.807) is 0 Å². The lowest BCUT2D eigenvalue weighted by atomic mass is 9.80. The first-order valence-corrected chi connectivity index (χ1v) is 9.08. The number of nitrogens with one attached hydrogen (secondary N) is 1. The fourth-order valence-electron chi connectivity index (χ4n) is 4.25. The van der Waals surface area contributed by atoms with E-state index in [9.17, 15) is 0 Å². The summed E-state index contributed by atoms with van der Waals surface area (Å²) >= 11 is 0. The summed E-state index contributed by atoms with van der Waals surface area (Å²) in [5.41, 5.74) is 5.41. The van der Waals surface area contributed by atoms with Gasteiger partial charge >= 0.3 is 0 Å². The van der Waals surface area contributed by atoms with Crippen LogP contribution in [0, 0.1) is 0 Å². The average Bonchev–Trinajstić information content (AvgIpc) is 3.17. The van der Waals surface area contributed by atoms with Crippen LogP contribution in [0.2, 0.25) is 0 Å². The fraction of sp³-hybridized carbons (Fsp3) is 0.318. The van der Waals surface area contributed by atoms with Crippen molar-refractivity contribution in [2.24, 2.45) is 5.10 Å². The molecule has 0 saturated carbocycles. The number of hydrazone groups is 1. The summed E-state index contributed by atoms with van der Waals surface area (Å²) < 4.78 is 0. The molecule has 3 nitrogen and oxygen atoms in total. The number of hydrogen-bond acceptors (Lipinski definition) is 2. The standard InChI is InChI=1S/C22H25N3/c1-22(2)18-11-7-8-12-20(18)24(3)21(22)14-16-25-15-13-19(23-25)17-9-5-4-6-10-17/h4-12,14,16,21H,13,15H2,1-3H3/p+1/b16-14+. The van der Waals surface area contributed by atoms with Crippen molar-refractivity contribution in [2.45, 2.75) is 31.7 Å². The van der Waals surface area contributed by atoms with Crippen molar-refractivity contribution in [1.29, 1.82) is 0 Å². The topological polar surface area (TPSA) is 20.0 Å². The highest BCUT2D eigenvalue weighted by Crippen LogP contribution is 2.36. The molecule has 2 aliphatic heterocycles. The van der Waals surface area contributed by atoms with E-state index < -0.39 is 0 Å². The van der Waals surface area contributed by atoms with Gasteiger partial charge in [-0.15, -0.1) is 0 Å². The Morgan fingerprint density at radius 1 is 1.08 bits per heavy atom. The zero-order chi connectivity index (χ0) is 17.4. The first-order chi connectivity index (χ1) is 12.1. The van der Waals surface area contributed by atoms with Gasteiger partial charge in [-0.05, 0) is 31.6 Å². The van der Waals surface area contributed by atoms with E-state index in [0.29, 0.717) is 6.04 Å². The Bertz CT molecular complexity index is 820. The summed E-state index contributed by atoms with van der Waals surface area (Å²) in [6.07, 6.45) is 5.52. The van der Waals surface area contributed by atoms with E-state index >= 15 is 0 Å². The minimum Gasteiger partial charge on any atom is -0.298 e. The Labute approximate surface area is 150 Å². The van der Waals surface area contributed by atoms with Gasteiger partial charge in [-0.3, -0.25) is 9.91 Å². The van der Waals surface area contributed by atoms with Crippen LogP contribution in [-0.2, 0) is 5.41 Å². The largest absolute Gasteiger partial charge is 0.298 e. The first kappa shape index (κ1) is 16.1. The quantitative estimate of drug-likeness (QED) is 0.915. The smallest absolute Gasteiger partial charge is 0.135 e. The van der Waals surface area contributed by atoms with Crippen LogP contribution in [0.1, 0.15) is 31.4 Å². The number of rotatable bonds is 3. The molecule has 2 atom stereocenters. The summed E-state index contributed by atoms with van der Waals surface area (Å²) in [7, 11) is 2.27. The van der Waals surface area contributed by atoms with Gasteiger partial charge in [0.2, 0.25) is 0 Å². The van der Waals surface area contributed by atoms with E-state index in [1.807, 2.05) is 0 Å². The van der Waals surface area contributed by atoms with Crippen molar-refractivity contribution in [3.05, 3.63) is 78.0 Å². The molecule has 0 aromatic heterocycles. The molecule has 4 rings (SSSR count). The van der Waals surface area contributed by atoms with Crippen molar-refractivity contribution >= 4 is 11.4 Å². The number of fused-ring (bicyclic) bond motifs is 1. The molecule has 2 unspecified atom stereocenters. The second-order valence-electron chi connectivity index (χ2n) is 7.60. The maximum atomic E-state index is 4.80. The fourth-order valence-corrected chi connectivity index (χ4v) is 4.25. The van der Waals surface area contributed by atoms with Gasteiger partial charge < -0.3 is 0 Å². The SMILES string of the molecule is C[NH+]1c2ccccc2C(C)(C)C1/C=C/N1CCC(c2ccccc2)=N1. The van der Waals surface area contributed by atoms with E-state index in [4.69, 9.17) is 5.10 Å². The Hall–Kier alpha value is -2.39. The van der Waals surface area contributed by atoms with Crippen LogP contribution in [0.4, 0.5) is 5.69 Å². The predicted molar refractivity (Wildman–Crippen MR) is 103 cm³/mol. The zero-order valence-electron chi connectivity index (χ0n) is 15.2. The maximum absolute atomic E-state index is 4.80. The molecule has 2 heterocycles. The molecule has 0 fully saturated rings. The summed E-state index contributed by atoms with van der Waals surface area (Å²) in [4.78, 5) is 1.46. The van der Waals surface area contributed by atoms with Crippen molar-refractivity contribution in [2.75, 3.05) is 13.6 Å². The van der Waals surface area contributed by atoms with Crippen molar-refractivity contribution in [3.63, 3.8) is 0 Å². The second-order valence-corrected chi connectivity index (χ2v) is 7.60. The van der Waals surface area contributed by atoms with Gasteiger partial charge in [0, 0.05) is 24.7 Å². The molecule has 0 spiro atoms. The lowest BCUT2D eigenvalue weighted by molar-refractivity contribution is -0.828. The lowest BCUT2D eigenvalue weighted by Crippen LogP contribution is -3.07. The highest BCUT2D eigenvalue weighted by Gasteiger charge is 2.46. The maximum Gasteiger partial charge on any atom is 0.135 e. The van der Waals surface area contributed by atoms with Crippen LogP contribution in [0.5, 0.6) is 0 Å². The van der Waals surface area contributed by atoms with Gasteiger partial charge in [-0.1, -0.05) is 48.5 Å². The number of nitrogens with zero attached hydrogens (tertiary/aromatic N) is 2. The van der Waals surface area contributed by atoms with E-state index in [1.165, 1.54) is 27.4 Å². The molecule has 0 saturated heterocycles.